The highest BCUT2D eigenvalue weighted by molar-refractivity contribution is 5.93. The number of esters is 3. The van der Waals surface area contributed by atoms with Gasteiger partial charge in [0, 0.05) is 6.08 Å². The Morgan fingerprint density at radius 2 is 2.00 bits per heavy atom. The number of hydrogen-bond acceptors (Lipinski definition) is 5. The van der Waals surface area contributed by atoms with Crippen molar-refractivity contribution in [2.75, 3.05) is 6.61 Å². The highest BCUT2D eigenvalue weighted by Crippen LogP contribution is 2.06. The van der Waals surface area contributed by atoms with E-state index in [-0.39, 0.29) is 6.42 Å². The van der Waals surface area contributed by atoms with Gasteiger partial charge in [-0.2, -0.15) is 0 Å². The largest absolute Gasteiger partial charge is 0.466 e. The van der Waals surface area contributed by atoms with Crippen LogP contribution in [0.15, 0.2) is 12.7 Å². The third kappa shape index (κ3) is 5.95. The molecule has 0 radical (unpaired) electrons. The van der Waals surface area contributed by atoms with E-state index >= 15 is 0 Å². The Morgan fingerprint density at radius 1 is 1.38 bits per heavy atom. The van der Waals surface area contributed by atoms with Crippen LogP contribution in [-0.2, 0) is 23.9 Å². The van der Waals surface area contributed by atoms with E-state index in [1.165, 1.54) is 6.92 Å². The molecule has 0 aromatic carbocycles. The molecule has 0 aliphatic heterocycles. The Labute approximate surface area is 94.4 Å². The second kappa shape index (κ2) is 7.62. The first-order valence-electron chi connectivity index (χ1n) is 5.05. The lowest BCUT2D eigenvalue weighted by molar-refractivity contribution is -0.162. The van der Waals surface area contributed by atoms with Gasteiger partial charge >= 0.3 is 17.9 Å². The Kier molecular flexibility index (Phi) is 6.83. The SMILES string of the molecule is C=CC(=O)OC(=O)C(C)CC(=O)OCCC. The summed E-state index contributed by atoms with van der Waals surface area (Å²) in [5.41, 5.74) is 0. The van der Waals surface area contributed by atoms with Gasteiger partial charge in [0.25, 0.3) is 0 Å². The van der Waals surface area contributed by atoms with Gasteiger partial charge in [-0.15, -0.1) is 0 Å². The number of carbonyl (C=O) groups is 3. The summed E-state index contributed by atoms with van der Waals surface area (Å²) < 4.78 is 9.15. The Morgan fingerprint density at radius 3 is 2.50 bits per heavy atom. The van der Waals surface area contributed by atoms with E-state index in [1.807, 2.05) is 6.92 Å². The highest BCUT2D eigenvalue weighted by atomic mass is 16.6. The molecular formula is C11H16O5. The molecule has 1 unspecified atom stereocenters. The molecule has 0 aromatic rings. The van der Waals surface area contributed by atoms with Crippen LogP contribution in [0, 0.1) is 5.92 Å². The lowest BCUT2D eigenvalue weighted by Crippen LogP contribution is -2.21. The summed E-state index contributed by atoms with van der Waals surface area (Å²) in [6.45, 7) is 6.84. The van der Waals surface area contributed by atoms with Crippen molar-refractivity contribution in [3.05, 3.63) is 12.7 Å². The molecule has 0 saturated carbocycles. The van der Waals surface area contributed by atoms with Gasteiger partial charge in [-0.1, -0.05) is 20.4 Å². The second-order valence-corrected chi connectivity index (χ2v) is 3.27. The smallest absolute Gasteiger partial charge is 0.337 e. The molecule has 0 fully saturated rings. The Hall–Kier alpha value is -1.65. The maximum absolute atomic E-state index is 11.2. The molecule has 0 aliphatic rings. The van der Waals surface area contributed by atoms with E-state index in [2.05, 4.69) is 11.3 Å². The van der Waals surface area contributed by atoms with Gasteiger partial charge in [0.15, 0.2) is 0 Å². The summed E-state index contributed by atoms with van der Waals surface area (Å²) in [6.07, 6.45) is 1.52. The molecule has 0 saturated heterocycles. The summed E-state index contributed by atoms with van der Waals surface area (Å²) >= 11 is 0. The van der Waals surface area contributed by atoms with Crippen molar-refractivity contribution in [1.82, 2.24) is 0 Å². The van der Waals surface area contributed by atoms with Crippen LogP contribution in [0.2, 0.25) is 0 Å². The molecule has 5 nitrogen and oxygen atoms in total. The average Bonchev–Trinajstić information content (AvgIpc) is 2.25. The predicted molar refractivity (Wildman–Crippen MR) is 56.3 cm³/mol. The van der Waals surface area contributed by atoms with Crippen molar-refractivity contribution in [1.29, 1.82) is 0 Å². The fraction of sp³-hybridized carbons (Fsp3) is 0.545. The fourth-order valence-corrected chi connectivity index (χ4v) is 0.850. The number of ether oxygens (including phenoxy) is 2. The molecule has 0 heterocycles. The van der Waals surface area contributed by atoms with E-state index in [0.717, 1.165) is 12.5 Å². The minimum Gasteiger partial charge on any atom is -0.466 e. The highest BCUT2D eigenvalue weighted by Gasteiger charge is 2.20. The van der Waals surface area contributed by atoms with Gasteiger partial charge in [0.2, 0.25) is 0 Å². The van der Waals surface area contributed by atoms with Crippen molar-refractivity contribution in [2.45, 2.75) is 26.7 Å². The molecule has 0 spiro atoms. The van der Waals surface area contributed by atoms with Crippen LogP contribution >= 0.6 is 0 Å². The molecule has 0 N–H and O–H groups in total. The lowest BCUT2D eigenvalue weighted by atomic mass is 10.1. The second-order valence-electron chi connectivity index (χ2n) is 3.27. The summed E-state index contributed by atoms with van der Waals surface area (Å²) in [5, 5.41) is 0. The summed E-state index contributed by atoms with van der Waals surface area (Å²) in [6, 6.07) is 0. The summed E-state index contributed by atoms with van der Waals surface area (Å²) in [5.74, 6) is -2.75. The maximum atomic E-state index is 11.2. The molecule has 0 aromatic heterocycles. The van der Waals surface area contributed by atoms with E-state index < -0.39 is 23.8 Å². The molecule has 90 valence electrons. The molecule has 0 aliphatic carbocycles. The third-order valence-electron chi connectivity index (χ3n) is 1.71. The zero-order valence-electron chi connectivity index (χ0n) is 9.52. The van der Waals surface area contributed by atoms with Gasteiger partial charge in [0.1, 0.15) is 0 Å². The molecule has 16 heavy (non-hydrogen) atoms. The molecule has 5 heteroatoms. The van der Waals surface area contributed by atoms with E-state index in [1.54, 1.807) is 0 Å². The van der Waals surface area contributed by atoms with Crippen LogP contribution in [0.1, 0.15) is 26.7 Å². The van der Waals surface area contributed by atoms with Gasteiger partial charge < -0.3 is 9.47 Å². The van der Waals surface area contributed by atoms with E-state index in [0.29, 0.717) is 6.61 Å². The Bertz CT molecular complexity index is 282. The average molecular weight is 228 g/mol. The minimum atomic E-state index is -0.821. The van der Waals surface area contributed by atoms with Gasteiger partial charge in [0.05, 0.1) is 18.9 Å². The van der Waals surface area contributed by atoms with Crippen molar-refractivity contribution in [2.24, 2.45) is 5.92 Å². The monoisotopic (exact) mass is 228 g/mol. The first kappa shape index (κ1) is 14.3. The van der Waals surface area contributed by atoms with Crippen molar-refractivity contribution in [3.63, 3.8) is 0 Å². The zero-order chi connectivity index (χ0) is 12.6. The Balaban J connectivity index is 3.99. The number of carbonyl (C=O) groups excluding carboxylic acids is 3. The molecule has 0 amide bonds. The zero-order valence-corrected chi connectivity index (χ0v) is 9.52. The van der Waals surface area contributed by atoms with Gasteiger partial charge in [-0.25, -0.2) is 4.79 Å². The standard InChI is InChI=1S/C11H16O5/c1-4-6-15-10(13)7-8(3)11(14)16-9(12)5-2/h5,8H,2,4,6-7H2,1,3H3. The van der Waals surface area contributed by atoms with Crippen LogP contribution in [0.3, 0.4) is 0 Å². The molecule has 1 atom stereocenters. The topological polar surface area (TPSA) is 69.7 Å². The van der Waals surface area contributed by atoms with Crippen LogP contribution < -0.4 is 0 Å². The van der Waals surface area contributed by atoms with Gasteiger partial charge in [-0.05, 0) is 6.42 Å². The maximum Gasteiger partial charge on any atom is 0.337 e. The number of hydrogen-bond donors (Lipinski definition) is 0. The van der Waals surface area contributed by atoms with Crippen LogP contribution in [0.25, 0.3) is 0 Å². The molecule has 0 rings (SSSR count). The lowest BCUT2D eigenvalue weighted by Gasteiger charge is -2.08. The van der Waals surface area contributed by atoms with Crippen molar-refractivity contribution in [3.8, 4) is 0 Å². The van der Waals surface area contributed by atoms with Crippen molar-refractivity contribution < 1.29 is 23.9 Å². The summed E-state index contributed by atoms with van der Waals surface area (Å²) in [7, 11) is 0. The minimum absolute atomic E-state index is 0.0940. The van der Waals surface area contributed by atoms with Crippen molar-refractivity contribution >= 4 is 17.9 Å². The van der Waals surface area contributed by atoms with Gasteiger partial charge in [-0.3, -0.25) is 9.59 Å². The first-order valence-corrected chi connectivity index (χ1v) is 5.05. The molecule has 0 bridgehead atoms. The van der Waals surface area contributed by atoms with Crippen LogP contribution in [-0.4, -0.2) is 24.5 Å². The van der Waals surface area contributed by atoms with E-state index in [4.69, 9.17) is 4.74 Å². The predicted octanol–water partition coefficient (Wildman–Crippen LogP) is 1.22. The quantitative estimate of drug-likeness (QED) is 0.388. The first-order chi connectivity index (χ1) is 7.51. The van der Waals surface area contributed by atoms with Crippen LogP contribution in [0.4, 0.5) is 0 Å². The van der Waals surface area contributed by atoms with Crippen LogP contribution in [0.5, 0.6) is 0 Å². The normalized spacial score (nSPS) is 11.4. The van der Waals surface area contributed by atoms with E-state index in [9.17, 15) is 14.4 Å². The molecular weight excluding hydrogens is 212 g/mol. The number of rotatable bonds is 6. The summed E-state index contributed by atoms with van der Waals surface area (Å²) in [4.78, 5) is 33.1. The fourth-order valence-electron chi connectivity index (χ4n) is 0.850. The third-order valence-corrected chi connectivity index (χ3v) is 1.71.